The fraction of sp³-hybridized carbons (Fsp3) is 0.462. The van der Waals surface area contributed by atoms with Crippen molar-refractivity contribution in [1.82, 2.24) is 15.5 Å². The number of likely N-dealkylation sites (tertiary alicyclic amines) is 1. The van der Waals surface area contributed by atoms with Gasteiger partial charge in [-0.05, 0) is 62.4 Å². The van der Waals surface area contributed by atoms with Gasteiger partial charge in [-0.1, -0.05) is 48.0 Å². The first-order valence-electron chi connectivity index (χ1n) is 11.6. The van der Waals surface area contributed by atoms with Crippen LogP contribution in [0.25, 0.3) is 0 Å². The van der Waals surface area contributed by atoms with E-state index in [9.17, 15) is 4.79 Å². The number of nitrogens with zero attached hydrogens (tertiary/aromatic N) is 2. The molecule has 6 nitrogen and oxygen atoms in total. The van der Waals surface area contributed by atoms with E-state index in [4.69, 9.17) is 10.7 Å². The second-order valence-electron chi connectivity index (χ2n) is 8.78. The van der Waals surface area contributed by atoms with Crippen LogP contribution in [-0.4, -0.2) is 36.4 Å². The van der Waals surface area contributed by atoms with Crippen molar-refractivity contribution >= 4 is 11.9 Å². The summed E-state index contributed by atoms with van der Waals surface area (Å²) < 4.78 is 0. The number of aryl methyl sites for hydroxylation is 2. The summed E-state index contributed by atoms with van der Waals surface area (Å²) in [6.45, 7) is 11.1. The van der Waals surface area contributed by atoms with Gasteiger partial charge in [-0.3, -0.25) is 9.69 Å². The van der Waals surface area contributed by atoms with Gasteiger partial charge in [0.25, 0.3) is 0 Å². The zero-order valence-corrected chi connectivity index (χ0v) is 19.7. The molecule has 1 aliphatic heterocycles. The maximum absolute atomic E-state index is 11.6. The fourth-order valence-electron chi connectivity index (χ4n) is 4.25. The van der Waals surface area contributed by atoms with Gasteiger partial charge in [-0.15, -0.1) is 0 Å². The van der Waals surface area contributed by atoms with Crippen LogP contribution in [0.4, 0.5) is 0 Å². The van der Waals surface area contributed by atoms with Crippen LogP contribution in [0.15, 0.2) is 47.5 Å². The monoisotopic (exact) mass is 435 g/mol. The van der Waals surface area contributed by atoms with Gasteiger partial charge in [0.2, 0.25) is 5.91 Å². The third kappa shape index (κ3) is 7.09. The highest BCUT2D eigenvalue weighted by molar-refractivity contribution is 5.79. The number of nitrogens with two attached hydrogens (primary N) is 1. The number of piperidine rings is 1. The summed E-state index contributed by atoms with van der Waals surface area (Å²) in [5, 5.41) is 6.79. The van der Waals surface area contributed by atoms with Crippen LogP contribution in [0.1, 0.15) is 47.6 Å². The van der Waals surface area contributed by atoms with Crippen molar-refractivity contribution in [3.05, 3.63) is 70.3 Å². The summed E-state index contributed by atoms with van der Waals surface area (Å²) in [7, 11) is 0. The van der Waals surface area contributed by atoms with Crippen LogP contribution in [0.5, 0.6) is 0 Å². The number of hydrogen-bond acceptors (Lipinski definition) is 3. The topological polar surface area (TPSA) is 82.8 Å². The predicted molar refractivity (Wildman–Crippen MR) is 131 cm³/mol. The minimum Gasteiger partial charge on any atom is -0.369 e. The average molecular weight is 436 g/mol. The van der Waals surface area contributed by atoms with Gasteiger partial charge in [0.1, 0.15) is 0 Å². The van der Waals surface area contributed by atoms with E-state index in [0.717, 1.165) is 51.5 Å². The summed E-state index contributed by atoms with van der Waals surface area (Å²) in [6, 6.07) is 15.1. The molecular formula is C26H37N5O. The lowest BCUT2D eigenvalue weighted by molar-refractivity contribution is -0.123. The van der Waals surface area contributed by atoms with E-state index in [1.54, 1.807) is 0 Å². The Kier molecular flexibility index (Phi) is 8.68. The molecule has 0 aromatic heterocycles. The molecule has 1 atom stereocenters. The minimum atomic E-state index is -0.179. The molecule has 0 bridgehead atoms. The standard InChI is InChI=1S/C26H37N5O/c1-4-28-26(30-16-23-11-10-19(2)13-20(23)3)29-15-21-7-5-8-22(14-21)17-31-12-6-9-24(18-31)25(27)32/h5,7-8,10-11,13-14,24H,4,6,9,12,15-18H2,1-3H3,(H2,27,32)(H2,28,29,30). The Bertz CT molecular complexity index is 940. The predicted octanol–water partition coefficient (Wildman–Crippen LogP) is 3.26. The summed E-state index contributed by atoms with van der Waals surface area (Å²) >= 11 is 0. The normalized spacial score (nSPS) is 17.2. The van der Waals surface area contributed by atoms with Gasteiger partial charge in [-0.25, -0.2) is 4.99 Å². The van der Waals surface area contributed by atoms with Crippen LogP contribution < -0.4 is 16.4 Å². The number of rotatable bonds is 8. The molecule has 1 heterocycles. The average Bonchev–Trinajstić information content (AvgIpc) is 2.77. The van der Waals surface area contributed by atoms with E-state index in [2.05, 4.69) is 78.8 Å². The third-order valence-electron chi connectivity index (χ3n) is 6.01. The van der Waals surface area contributed by atoms with Gasteiger partial charge in [0.05, 0.1) is 12.5 Å². The molecule has 4 N–H and O–H groups in total. The number of carbonyl (C=O) groups excluding carboxylic acids is 1. The molecule has 0 saturated carbocycles. The third-order valence-corrected chi connectivity index (χ3v) is 6.01. The van der Waals surface area contributed by atoms with E-state index in [-0.39, 0.29) is 11.8 Å². The minimum absolute atomic E-state index is 0.0255. The van der Waals surface area contributed by atoms with E-state index in [0.29, 0.717) is 6.54 Å². The molecule has 1 fully saturated rings. The number of guanidine groups is 1. The van der Waals surface area contributed by atoms with Crippen LogP contribution in [0.2, 0.25) is 0 Å². The van der Waals surface area contributed by atoms with Gasteiger partial charge >= 0.3 is 0 Å². The van der Waals surface area contributed by atoms with E-state index >= 15 is 0 Å². The second kappa shape index (κ2) is 11.7. The number of primary amides is 1. The smallest absolute Gasteiger partial charge is 0.221 e. The largest absolute Gasteiger partial charge is 0.369 e. The van der Waals surface area contributed by atoms with Gasteiger partial charge in [0.15, 0.2) is 5.96 Å². The lowest BCUT2D eigenvalue weighted by Gasteiger charge is -2.31. The first-order valence-corrected chi connectivity index (χ1v) is 11.6. The molecule has 1 saturated heterocycles. The van der Waals surface area contributed by atoms with Gasteiger partial charge in [-0.2, -0.15) is 0 Å². The molecule has 2 aromatic rings. The molecule has 0 spiro atoms. The quantitative estimate of drug-likeness (QED) is 0.439. The summed E-state index contributed by atoms with van der Waals surface area (Å²) in [6.07, 6.45) is 1.93. The second-order valence-corrected chi connectivity index (χ2v) is 8.78. The zero-order valence-electron chi connectivity index (χ0n) is 19.7. The molecule has 1 unspecified atom stereocenters. The molecule has 6 heteroatoms. The maximum atomic E-state index is 11.6. The van der Waals surface area contributed by atoms with E-state index in [1.165, 1.54) is 27.8 Å². The summed E-state index contributed by atoms with van der Waals surface area (Å²) in [5.41, 5.74) is 11.8. The van der Waals surface area contributed by atoms with E-state index < -0.39 is 0 Å². The van der Waals surface area contributed by atoms with Crippen LogP contribution >= 0.6 is 0 Å². The Morgan fingerprint density at radius 3 is 2.72 bits per heavy atom. The Hall–Kier alpha value is -2.86. The Morgan fingerprint density at radius 2 is 1.97 bits per heavy atom. The molecule has 2 aromatic carbocycles. The number of hydrogen-bond donors (Lipinski definition) is 3. The molecule has 172 valence electrons. The van der Waals surface area contributed by atoms with Crippen molar-refractivity contribution in [3.63, 3.8) is 0 Å². The van der Waals surface area contributed by atoms with Crippen molar-refractivity contribution in [2.75, 3.05) is 19.6 Å². The van der Waals surface area contributed by atoms with Crippen LogP contribution in [0, 0.1) is 19.8 Å². The van der Waals surface area contributed by atoms with Crippen molar-refractivity contribution in [3.8, 4) is 0 Å². The van der Waals surface area contributed by atoms with Crippen molar-refractivity contribution < 1.29 is 4.79 Å². The Morgan fingerprint density at radius 1 is 1.16 bits per heavy atom. The van der Waals surface area contributed by atoms with Crippen molar-refractivity contribution in [2.24, 2.45) is 16.6 Å². The molecule has 1 amide bonds. The van der Waals surface area contributed by atoms with Crippen molar-refractivity contribution in [1.29, 1.82) is 0 Å². The molecular weight excluding hydrogens is 398 g/mol. The lowest BCUT2D eigenvalue weighted by Crippen LogP contribution is -2.40. The first-order chi connectivity index (χ1) is 15.4. The zero-order chi connectivity index (χ0) is 22.9. The highest BCUT2D eigenvalue weighted by Gasteiger charge is 2.23. The Labute approximate surface area is 192 Å². The number of carbonyl (C=O) groups is 1. The van der Waals surface area contributed by atoms with Crippen LogP contribution in [0.3, 0.4) is 0 Å². The first kappa shape index (κ1) is 23.8. The number of aliphatic imine (C=N–C) groups is 1. The number of amides is 1. The highest BCUT2D eigenvalue weighted by Crippen LogP contribution is 2.19. The lowest BCUT2D eigenvalue weighted by atomic mass is 9.97. The molecule has 0 radical (unpaired) electrons. The van der Waals surface area contributed by atoms with Gasteiger partial charge in [0, 0.05) is 26.2 Å². The number of nitrogens with one attached hydrogen (secondary N) is 2. The summed E-state index contributed by atoms with van der Waals surface area (Å²) in [4.78, 5) is 18.7. The fourth-order valence-corrected chi connectivity index (χ4v) is 4.25. The van der Waals surface area contributed by atoms with Crippen molar-refractivity contribution in [2.45, 2.75) is 53.2 Å². The molecule has 3 rings (SSSR count). The molecule has 1 aliphatic rings. The SMILES string of the molecule is CCNC(=NCc1cccc(CN2CCCC(C(N)=O)C2)c1)NCc1ccc(C)cc1C. The molecule has 32 heavy (non-hydrogen) atoms. The highest BCUT2D eigenvalue weighted by atomic mass is 16.1. The van der Waals surface area contributed by atoms with E-state index in [1.807, 2.05) is 0 Å². The number of benzene rings is 2. The maximum Gasteiger partial charge on any atom is 0.221 e. The molecule has 0 aliphatic carbocycles. The van der Waals surface area contributed by atoms with Crippen LogP contribution in [-0.2, 0) is 24.4 Å². The summed E-state index contributed by atoms with van der Waals surface area (Å²) in [5.74, 6) is 0.614. The Balaban J connectivity index is 1.60. The van der Waals surface area contributed by atoms with Gasteiger partial charge < -0.3 is 16.4 Å².